The van der Waals surface area contributed by atoms with Gasteiger partial charge in [0.1, 0.15) is 0 Å². The summed E-state index contributed by atoms with van der Waals surface area (Å²) in [5.74, 6) is -1.07. The van der Waals surface area contributed by atoms with Crippen molar-refractivity contribution in [3.05, 3.63) is 42.0 Å². The van der Waals surface area contributed by atoms with Crippen molar-refractivity contribution in [3.63, 3.8) is 0 Å². The highest BCUT2D eigenvalue weighted by Gasteiger charge is 2.26. The molecule has 2 aromatic carbocycles. The second-order valence-corrected chi connectivity index (χ2v) is 7.21. The first kappa shape index (κ1) is 19.9. The number of carbonyl (C=O) groups is 3. The Kier molecular flexibility index (Phi) is 6.29. The van der Waals surface area contributed by atoms with E-state index >= 15 is 0 Å². The van der Waals surface area contributed by atoms with Crippen molar-refractivity contribution >= 4 is 34.2 Å². The minimum absolute atomic E-state index is 0.169. The van der Waals surface area contributed by atoms with Gasteiger partial charge in [0.25, 0.3) is 5.91 Å². The maximum absolute atomic E-state index is 12.8. The van der Waals surface area contributed by atoms with Gasteiger partial charge in [0.05, 0.1) is 11.3 Å². The Balaban J connectivity index is 1.81. The number of hydrogen-bond donors (Lipinski definition) is 1. The fraction of sp³-hybridized carbons (Fsp3) is 0.409. The van der Waals surface area contributed by atoms with Crippen molar-refractivity contribution < 1.29 is 19.1 Å². The van der Waals surface area contributed by atoms with Crippen LogP contribution in [-0.2, 0) is 14.3 Å². The maximum Gasteiger partial charge on any atom is 0.341 e. The highest BCUT2D eigenvalue weighted by molar-refractivity contribution is 6.06. The fourth-order valence-electron chi connectivity index (χ4n) is 3.52. The van der Waals surface area contributed by atoms with E-state index in [2.05, 4.69) is 5.32 Å². The van der Waals surface area contributed by atoms with Crippen LogP contribution in [0, 0.1) is 0 Å². The number of nitrogens with one attached hydrogen (secondary N) is 1. The molecule has 1 fully saturated rings. The molecule has 6 nitrogen and oxygen atoms in total. The summed E-state index contributed by atoms with van der Waals surface area (Å²) in [6.45, 7) is 4.39. The summed E-state index contributed by atoms with van der Waals surface area (Å²) in [6, 6.07) is 11.0. The normalized spacial score (nSPS) is 15.6. The highest BCUT2D eigenvalue weighted by Crippen LogP contribution is 2.25. The van der Waals surface area contributed by atoms with Crippen LogP contribution in [0.4, 0.5) is 5.69 Å². The summed E-state index contributed by atoms with van der Waals surface area (Å²) < 4.78 is 5.48. The number of likely N-dealkylation sites (tertiary alicyclic amines) is 1. The summed E-state index contributed by atoms with van der Waals surface area (Å²) in [6.07, 6.45) is 3.32. The number of amides is 2. The maximum atomic E-state index is 12.8. The molecule has 0 radical (unpaired) electrons. The van der Waals surface area contributed by atoms with Gasteiger partial charge in [0.2, 0.25) is 5.91 Å². The van der Waals surface area contributed by atoms with Crippen LogP contribution < -0.4 is 5.32 Å². The van der Waals surface area contributed by atoms with Crippen LogP contribution in [0.2, 0.25) is 0 Å². The van der Waals surface area contributed by atoms with E-state index in [9.17, 15) is 14.4 Å². The first-order chi connectivity index (χ1) is 13.5. The van der Waals surface area contributed by atoms with Crippen molar-refractivity contribution in [2.45, 2.75) is 45.6 Å². The quantitative estimate of drug-likeness (QED) is 0.817. The third kappa shape index (κ3) is 4.68. The van der Waals surface area contributed by atoms with Gasteiger partial charge >= 0.3 is 5.97 Å². The molecule has 2 aromatic rings. The minimum atomic E-state index is -0.873. The number of nitrogens with zero attached hydrogens (tertiary/aromatic N) is 1. The zero-order valence-electron chi connectivity index (χ0n) is 16.4. The lowest BCUT2D eigenvalue weighted by molar-refractivity contribution is -0.139. The molecule has 6 heteroatoms. The Morgan fingerprint density at radius 2 is 1.61 bits per heavy atom. The Morgan fingerprint density at radius 3 is 2.21 bits per heavy atom. The summed E-state index contributed by atoms with van der Waals surface area (Å²) in [7, 11) is 0. The molecule has 1 unspecified atom stereocenters. The molecule has 0 saturated carbocycles. The monoisotopic (exact) mass is 382 g/mol. The average Bonchev–Trinajstić information content (AvgIpc) is 2.95. The number of fused-ring (bicyclic) bond motifs is 1. The van der Waals surface area contributed by atoms with Gasteiger partial charge in [-0.05, 0) is 42.7 Å². The summed E-state index contributed by atoms with van der Waals surface area (Å²) >= 11 is 0. The predicted octanol–water partition coefficient (Wildman–Crippen LogP) is 3.75. The molecule has 1 heterocycles. The van der Waals surface area contributed by atoms with E-state index in [1.807, 2.05) is 24.3 Å². The zero-order valence-corrected chi connectivity index (χ0v) is 16.4. The Hall–Kier alpha value is -2.89. The average molecular weight is 382 g/mol. The third-order valence-corrected chi connectivity index (χ3v) is 4.97. The number of anilines is 1. The van der Waals surface area contributed by atoms with Crippen molar-refractivity contribution in [1.29, 1.82) is 0 Å². The second-order valence-electron chi connectivity index (χ2n) is 7.21. The lowest BCUT2D eigenvalue weighted by Gasteiger charge is -2.24. The van der Waals surface area contributed by atoms with Crippen molar-refractivity contribution in [3.8, 4) is 0 Å². The molecule has 1 aliphatic heterocycles. The molecule has 148 valence electrons. The van der Waals surface area contributed by atoms with Crippen LogP contribution in [0.1, 0.15) is 49.9 Å². The lowest BCUT2D eigenvalue weighted by Crippen LogP contribution is -2.40. The summed E-state index contributed by atoms with van der Waals surface area (Å²) in [4.78, 5) is 38.8. The number of benzene rings is 2. The topological polar surface area (TPSA) is 75.7 Å². The van der Waals surface area contributed by atoms with Crippen LogP contribution in [0.25, 0.3) is 10.8 Å². The van der Waals surface area contributed by atoms with Gasteiger partial charge in [0, 0.05) is 20.0 Å². The van der Waals surface area contributed by atoms with Gasteiger partial charge in [-0.15, -0.1) is 0 Å². The zero-order chi connectivity index (χ0) is 20.1. The first-order valence-electron chi connectivity index (χ1n) is 9.76. The molecule has 3 rings (SSSR count). The van der Waals surface area contributed by atoms with Crippen molar-refractivity contribution in [2.75, 3.05) is 18.4 Å². The molecular formula is C22H26N2O4. The number of rotatable bonds is 4. The Bertz CT molecular complexity index is 885. The van der Waals surface area contributed by atoms with E-state index in [-0.39, 0.29) is 17.4 Å². The van der Waals surface area contributed by atoms with E-state index in [1.54, 1.807) is 24.0 Å². The van der Waals surface area contributed by atoms with Crippen LogP contribution >= 0.6 is 0 Å². The summed E-state index contributed by atoms with van der Waals surface area (Å²) in [5.41, 5.74) is 0.620. The fourth-order valence-corrected chi connectivity index (χ4v) is 3.52. The Labute approximate surface area is 164 Å². The first-order valence-corrected chi connectivity index (χ1v) is 9.76. The number of carbonyl (C=O) groups excluding carboxylic acids is 3. The van der Waals surface area contributed by atoms with E-state index in [0.717, 1.165) is 36.5 Å². The minimum Gasteiger partial charge on any atom is -0.449 e. The number of esters is 1. The number of ether oxygens (including phenoxy) is 1. The lowest BCUT2D eigenvalue weighted by atomic mass is 10.0. The molecule has 2 amide bonds. The predicted molar refractivity (Wildman–Crippen MR) is 108 cm³/mol. The van der Waals surface area contributed by atoms with Crippen molar-refractivity contribution in [2.24, 2.45) is 0 Å². The van der Waals surface area contributed by atoms with Crippen LogP contribution in [-0.4, -0.2) is 41.9 Å². The largest absolute Gasteiger partial charge is 0.449 e. The molecule has 0 bridgehead atoms. The van der Waals surface area contributed by atoms with Gasteiger partial charge < -0.3 is 15.0 Å². The molecular weight excluding hydrogens is 356 g/mol. The van der Waals surface area contributed by atoms with E-state index in [0.29, 0.717) is 18.8 Å². The van der Waals surface area contributed by atoms with E-state index in [1.165, 1.54) is 6.92 Å². The molecule has 0 aromatic heterocycles. The third-order valence-electron chi connectivity index (χ3n) is 4.97. The van der Waals surface area contributed by atoms with Crippen LogP contribution in [0.5, 0.6) is 0 Å². The molecule has 0 spiro atoms. The van der Waals surface area contributed by atoms with Gasteiger partial charge in [-0.3, -0.25) is 9.59 Å². The molecule has 1 N–H and O–H groups in total. The van der Waals surface area contributed by atoms with Crippen LogP contribution in [0.15, 0.2) is 36.4 Å². The van der Waals surface area contributed by atoms with Crippen molar-refractivity contribution in [1.82, 2.24) is 4.90 Å². The molecule has 0 aliphatic carbocycles. The standard InChI is InChI=1S/C22H26N2O4/c1-15(21(26)24-11-7-3-4-8-12-24)28-22(27)19-13-17-9-5-6-10-18(17)14-20(19)23-16(2)25/h5-6,9-10,13-15H,3-4,7-8,11-12H2,1-2H3,(H,23,25). The number of hydrogen-bond acceptors (Lipinski definition) is 4. The van der Waals surface area contributed by atoms with Gasteiger partial charge in [-0.25, -0.2) is 4.79 Å². The molecule has 28 heavy (non-hydrogen) atoms. The SMILES string of the molecule is CC(=O)Nc1cc2ccccc2cc1C(=O)OC(C)C(=O)N1CCCCCC1. The Morgan fingerprint density at radius 1 is 1.00 bits per heavy atom. The molecule has 1 saturated heterocycles. The van der Waals surface area contributed by atoms with Gasteiger partial charge in [-0.1, -0.05) is 37.1 Å². The molecule has 1 atom stereocenters. The van der Waals surface area contributed by atoms with Crippen LogP contribution in [0.3, 0.4) is 0 Å². The highest BCUT2D eigenvalue weighted by atomic mass is 16.5. The second kappa shape index (κ2) is 8.87. The smallest absolute Gasteiger partial charge is 0.341 e. The van der Waals surface area contributed by atoms with E-state index in [4.69, 9.17) is 4.74 Å². The summed E-state index contributed by atoms with van der Waals surface area (Å²) in [5, 5.41) is 4.44. The van der Waals surface area contributed by atoms with E-state index < -0.39 is 12.1 Å². The van der Waals surface area contributed by atoms with Gasteiger partial charge in [-0.2, -0.15) is 0 Å². The van der Waals surface area contributed by atoms with Gasteiger partial charge in [0.15, 0.2) is 6.10 Å². The molecule has 1 aliphatic rings.